The van der Waals surface area contributed by atoms with Crippen LogP contribution in [0.1, 0.15) is 57.2 Å². The number of unbranched alkanes of at least 4 members (excludes halogenated alkanes) is 1. The lowest BCUT2D eigenvalue weighted by molar-refractivity contribution is 0.400. The van der Waals surface area contributed by atoms with Gasteiger partial charge in [-0.3, -0.25) is 0 Å². The highest BCUT2D eigenvalue weighted by molar-refractivity contribution is 5.25. The summed E-state index contributed by atoms with van der Waals surface area (Å²) in [5.41, 5.74) is 2.89. The molecular weight excluding hydrogens is 206 g/mol. The second-order valence-corrected chi connectivity index (χ2v) is 5.00. The van der Waals surface area contributed by atoms with Crippen molar-refractivity contribution in [3.05, 3.63) is 35.4 Å². The zero-order valence-corrected chi connectivity index (χ0v) is 11.8. The van der Waals surface area contributed by atoms with Crippen molar-refractivity contribution in [2.45, 2.75) is 52.5 Å². The summed E-state index contributed by atoms with van der Waals surface area (Å²) in [5.74, 6) is 0.682. The summed E-state index contributed by atoms with van der Waals surface area (Å²) in [4.78, 5) is 0. The van der Waals surface area contributed by atoms with Crippen LogP contribution in [0.15, 0.2) is 24.3 Å². The molecule has 0 saturated carbocycles. The van der Waals surface area contributed by atoms with Crippen LogP contribution in [0.5, 0.6) is 0 Å². The minimum atomic E-state index is 0.486. The molecule has 0 heterocycles. The molecular formula is C16H27N. The lowest BCUT2D eigenvalue weighted by Gasteiger charge is -2.23. The van der Waals surface area contributed by atoms with E-state index in [0.29, 0.717) is 12.0 Å². The topological polar surface area (TPSA) is 12.0 Å². The number of nitrogens with one attached hydrogen (secondary N) is 1. The first kappa shape index (κ1) is 14.2. The van der Waals surface area contributed by atoms with Crippen LogP contribution in [0.2, 0.25) is 0 Å². The zero-order chi connectivity index (χ0) is 12.7. The van der Waals surface area contributed by atoms with Gasteiger partial charge in [0, 0.05) is 6.04 Å². The summed E-state index contributed by atoms with van der Waals surface area (Å²) in [6.45, 7) is 6.81. The summed E-state index contributed by atoms with van der Waals surface area (Å²) in [7, 11) is 2.06. The molecule has 2 unspecified atom stereocenters. The van der Waals surface area contributed by atoms with E-state index in [1.165, 1.54) is 36.8 Å². The molecule has 17 heavy (non-hydrogen) atoms. The van der Waals surface area contributed by atoms with Crippen molar-refractivity contribution < 1.29 is 0 Å². The molecule has 0 fully saturated rings. The Balaban J connectivity index is 2.71. The Labute approximate surface area is 107 Å². The molecule has 0 bridgehead atoms. The molecule has 2 atom stereocenters. The molecule has 0 aromatic heterocycles. The van der Waals surface area contributed by atoms with Crippen LogP contribution in [0.3, 0.4) is 0 Å². The third kappa shape index (κ3) is 4.16. The highest BCUT2D eigenvalue weighted by Gasteiger charge is 2.15. The third-order valence-electron chi connectivity index (χ3n) is 3.68. The molecule has 0 radical (unpaired) electrons. The summed E-state index contributed by atoms with van der Waals surface area (Å²) in [5, 5.41) is 3.43. The lowest BCUT2D eigenvalue weighted by atomic mass is 9.92. The number of rotatable bonds is 7. The maximum absolute atomic E-state index is 3.43. The van der Waals surface area contributed by atoms with Crippen molar-refractivity contribution in [1.29, 1.82) is 0 Å². The fourth-order valence-corrected chi connectivity index (χ4v) is 2.29. The first-order valence-electron chi connectivity index (χ1n) is 6.99. The Kier molecular flexibility index (Phi) is 6.28. The van der Waals surface area contributed by atoms with Gasteiger partial charge in [-0.05, 0) is 36.9 Å². The van der Waals surface area contributed by atoms with Gasteiger partial charge >= 0.3 is 0 Å². The summed E-state index contributed by atoms with van der Waals surface area (Å²) in [6, 6.07) is 9.65. The van der Waals surface area contributed by atoms with E-state index in [1.807, 2.05) is 0 Å². The monoisotopic (exact) mass is 233 g/mol. The fraction of sp³-hybridized carbons (Fsp3) is 0.625. The van der Waals surface area contributed by atoms with Crippen molar-refractivity contribution >= 4 is 0 Å². The molecule has 0 aliphatic carbocycles. The SMILES string of the molecule is CCCCc1ccc(C(NC)C(C)CC)cc1. The molecule has 0 saturated heterocycles. The molecule has 1 rings (SSSR count). The smallest absolute Gasteiger partial charge is 0.0343 e. The van der Waals surface area contributed by atoms with E-state index in [0.717, 1.165) is 0 Å². The number of aryl methyl sites for hydroxylation is 1. The van der Waals surface area contributed by atoms with Crippen LogP contribution in [-0.2, 0) is 6.42 Å². The maximum atomic E-state index is 3.43. The largest absolute Gasteiger partial charge is 0.313 e. The molecule has 1 aromatic rings. The van der Waals surface area contributed by atoms with Crippen molar-refractivity contribution in [3.8, 4) is 0 Å². The predicted octanol–water partition coefficient (Wildman–Crippen LogP) is 4.34. The van der Waals surface area contributed by atoms with Crippen LogP contribution in [0.25, 0.3) is 0 Å². The van der Waals surface area contributed by atoms with Crippen molar-refractivity contribution in [1.82, 2.24) is 5.32 Å². The van der Waals surface area contributed by atoms with E-state index >= 15 is 0 Å². The quantitative estimate of drug-likeness (QED) is 0.739. The Morgan fingerprint density at radius 1 is 1.12 bits per heavy atom. The molecule has 1 nitrogen and oxygen atoms in total. The van der Waals surface area contributed by atoms with Gasteiger partial charge in [-0.15, -0.1) is 0 Å². The Bertz CT molecular complexity index is 302. The molecule has 1 heteroatoms. The average Bonchev–Trinajstić information content (AvgIpc) is 2.38. The van der Waals surface area contributed by atoms with Crippen LogP contribution < -0.4 is 5.32 Å². The van der Waals surface area contributed by atoms with Crippen molar-refractivity contribution in [2.24, 2.45) is 5.92 Å². The molecule has 96 valence electrons. The third-order valence-corrected chi connectivity index (χ3v) is 3.68. The molecule has 1 aromatic carbocycles. The first-order chi connectivity index (χ1) is 8.22. The molecule has 0 spiro atoms. The minimum absolute atomic E-state index is 0.486. The first-order valence-corrected chi connectivity index (χ1v) is 6.99. The summed E-state index contributed by atoms with van der Waals surface area (Å²) < 4.78 is 0. The van der Waals surface area contributed by atoms with E-state index in [-0.39, 0.29) is 0 Å². The van der Waals surface area contributed by atoms with E-state index < -0.39 is 0 Å². The van der Waals surface area contributed by atoms with E-state index in [2.05, 4.69) is 57.4 Å². The van der Waals surface area contributed by atoms with E-state index in [9.17, 15) is 0 Å². The zero-order valence-electron chi connectivity index (χ0n) is 11.8. The predicted molar refractivity (Wildman–Crippen MR) is 76.3 cm³/mol. The van der Waals surface area contributed by atoms with Gasteiger partial charge < -0.3 is 5.32 Å². The van der Waals surface area contributed by atoms with Gasteiger partial charge in [-0.2, -0.15) is 0 Å². The van der Waals surface area contributed by atoms with Gasteiger partial charge in [-0.1, -0.05) is 57.9 Å². The molecule has 0 aliphatic heterocycles. The molecule has 0 amide bonds. The van der Waals surface area contributed by atoms with Gasteiger partial charge in [0.1, 0.15) is 0 Å². The molecule has 1 N–H and O–H groups in total. The Hall–Kier alpha value is -0.820. The number of hydrogen-bond donors (Lipinski definition) is 1. The normalized spacial score (nSPS) is 14.6. The van der Waals surface area contributed by atoms with E-state index in [1.54, 1.807) is 0 Å². The summed E-state index contributed by atoms with van der Waals surface area (Å²) >= 11 is 0. The fourth-order valence-electron chi connectivity index (χ4n) is 2.29. The van der Waals surface area contributed by atoms with Crippen LogP contribution in [0, 0.1) is 5.92 Å². The van der Waals surface area contributed by atoms with Gasteiger partial charge in [0.25, 0.3) is 0 Å². The molecule has 0 aliphatic rings. The summed E-state index contributed by atoms with van der Waals surface area (Å²) in [6.07, 6.45) is 4.99. The Morgan fingerprint density at radius 2 is 1.76 bits per heavy atom. The van der Waals surface area contributed by atoms with Gasteiger partial charge in [0.05, 0.1) is 0 Å². The van der Waals surface area contributed by atoms with Crippen molar-refractivity contribution in [3.63, 3.8) is 0 Å². The van der Waals surface area contributed by atoms with Crippen LogP contribution in [0.4, 0.5) is 0 Å². The standard InChI is InChI=1S/C16H27N/c1-5-7-8-14-9-11-15(12-10-14)16(17-4)13(3)6-2/h9-13,16-17H,5-8H2,1-4H3. The van der Waals surface area contributed by atoms with Crippen molar-refractivity contribution in [2.75, 3.05) is 7.05 Å². The van der Waals surface area contributed by atoms with E-state index in [4.69, 9.17) is 0 Å². The second kappa shape index (κ2) is 7.50. The Morgan fingerprint density at radius 3 is 2.24 bits per heavy atom. The maximum Gasteiger partial charge on any atom is 0.0343 e. The minimum Gasteiger partial charge on any atom is -0.313 e. The average molecular weight is 233 g/mol. The number of benzene rings is 1. The lowest BCUT2D eigenvalue weighted by Crippen LogP contribution is -2.23. The van der Waals surface area contributed by atoms with Gasteiger partial charge in [0.2, 0.25) is 0 Å². The second-order valence-electron chi connectivity index (χ2n) is 5.00. The van der Waals surface area contributed by atoms with Gasteiger partial charge in [-0.25, -0.2) is 0 Å². The highest BCUT2D eigenvalue weighted by Crippen LogP contribution is 2.24. The number of hydrogen-bond acceptors (Lipinski definition) is 1. The van der Waals surface area contributed by atoms with Gasteiger partial charge in [0.15, 0.2) is 0 Å². The van der Waals surface area contributed by atoms with Crippen LogP contribution in [-0.4, -0.2) is 7.05 Å². The highest BCUT2D eigenvalue weighted by atomic mass is 14.9. The van der Waals surface area contributed by atoms with Crippen LogP contribution >= 0.6 is 0 Å².